The summed E-state index contributed by atoms with van der Waals surface area (Å²) in [5.74, 6) is 0. The lowest BCUT2D eigenvalue weighted by atomic mass is 10.1. The van der Waals surface area contributed by atoms with Gasteiger partial charge in [0.25, 0.3) is 5.69 Å². The van der Waals surface area contributed by atoms with E-state index in [2.05, 4.69) is 4.90 Å². The Morgan fingerprint density at radius 1 is 1.56 bits per heavy atom. The lowest BCUT2D eigenvalue weighted by Crippen LogP contribution is -2.31. The number of likely N-dealkylation sites (tertiary alicyclic amines) is 1. The predicted molar refractivity (Wildman–Crippen MR) is 68.6 cm³/mol. The third-order valence-corrected chi connectivity index (χ3v) is 3.62. The number of aliphatic hydroxyl groups excluding tert-OH is 1. The average molecular weight is 271 g/mol. The quantitative estimate of drug-likeness (QED) is 0.673. The van der Waals surface area contributed by atoms with Crippen LogP contribution in [-0.2, 0) is 6.54 Å². The van der Waals surface area contributed by atoms with Crippen molar-refractivity contribution in [1.82, 2.24) is 4.90 Å². The van der Waals surface area contributed by atoms with Gasteiger partial charge in [-0.2, -0.15) is 0 Å². The van der Waals surface area contributed by atoms with Gasteiger partial charge in [0.15, 0.2) is 0 Å². The van der Waals surface area contributed by atoms with Gasteiger partial charge in [-0.15, -0.1) is 0 Å². The average Bonchev–Trinajstić information content (AvgIpc) is 2.78. The summed E-state index contributed by atoms with van der Waals surface area (Å²) in [6.07, 6.45) is 2.03. The molecule has 1 fully saturated rings. The van der Waals surface area contributed by atoms with Crippen LogP contribution in [0.1, 0.15) is 18.4 Å². The molecule has 98 valence electrons. The van der Waals surface area contributed by atoms with Crippen molar-refractivity contribution in [3.63, 3.8) is 0 Å². The third kappa shape index (κ3) is 2.80. The van der Waals surface area contributed by atoms with E-state index >= 15 is 0 Å². The molecular formula is C12H15ClN2O3. The van der Waals surface area contributed by atoms with Crippen LogP contribution in [0.3, 0.4) is 0 Å². The fraction of sp³-hybridized carbons (Fsp3) is 0.500. The molecule has 1 aromatic rings. The Labute approximate surface area is 110 Å². The molecular weight excluding hydrogens is 256 g/mol. The molecule has 1 aromatic carbocycles. The van der Waals surface area contributed by atoms with Gasteiger partial charge in [-0.3, -0.25) is 15.0 Å². The summed E-state index contributed by atoms with van der Waals surface area (Å²) in [6.45, 7) is 1.67. The SMILES string of the molecule is O=[N+]([O-])c1cc(CN2CCCC2CO)ccc1Cl. The first-order chi connectivity index (χ1) is 8.61. The topological polar surface area (TPSA) is 66.6 Å². The van der Waals surface area contributed by atoms with Crippen molar-refractivity contribution in [1.29, 1.82) is 0 Å². The Balaban J connectivity index is 2.14. The molecule has 5 nitrogen and oxygen atoms in total. The van der Waals surface area contributed by atoms with Crippen LogP contribution in [0.2, 0.25) is 5.02 Å². The molecule has 0 aromatic heterocycles. The molecule has 0 saturated carbocycles. The van der Waals surface area contributed by atoms with Gasteiger partial charge in [0.1, 0.15) is 5.02 Å². The first kappa shape index (κ1) is 13.3. The Morgan fingerprint density at radius 3 is 3.00 bits per heavy atom. The number of hydrogen-bond donors (Lipinski definition) is 1. The highest BCUT2D eigenvalue weighted by atomic mass is 35.5. The van der Waals surface area contributed by atoms with Crippen LogP contribution in [0.4, 0.5) is 5.69 Å². The van der Waals surface area contributed by atoms with Crippen LogP contribution in [0, 0.1) is 10.1 Å². The molecule has 1 aliphatic rings. The molecule has 0 radical (unpaired) electrons. The monoisotopic (exact) mass is 270 g/mol. The molecule has 18 heavy (non-hydrogen) atoms. The predicted octanol–water partition coefficient (Wildman–Crippen LogP) is 2.20. The van der Waals surface area contributed by atoms with Gasteiger partial charge in [-0.25, -0.2) is 0 Å². The van der Waals surface area contributed by atoms with E-state index in [1.807, 2.05) is 0 Å². The largest absolute Gasteiger partial charge is 0.395 e. The minimum absolute atomic E-state index is 0.0612. The number of benzene rings is 1. The summed E-state index contributed by atoms with van der Waals surface area (Å²) >= 11 is 5.77. The van der Waals surface area contributed by atoms with Gasteiger partial charge >= 0.3 is 0 Å². The van der Waals surface area contributed by atoms with Crippen LogP contribution in [0.25, 0.3) is 0 Å². The Bertz CT molecular complexity index is 453. The van der Waals surface area contributed by atoms with E-state index in [0.29, 0.717) is 6.54 Å². The second-order valence-corrected chi connectivity index (χ2v) is 4.90. The van der Waals surface area contributed by atoms with Crippen molar-refractivity contribution >= 4 is 17.3 Å². The molecule has 6 heteroatoms. The second-order valence-electron chi connectivity index (χ2n) is 4.49. The summed E-state index contributed by atoms with van der Waals surface area (Å²) in [6, 6.07) is 5.02. The Kier molecular flexibility index (Phi) is 4.16. The van der Waals surface area contributed by atoms with E-state index in [-0.39, 0.29) is 23.4 Å². The normalized spacial score (nSPS) is 20.2. The van der Waals surface area contributed by atoms with Gasteiger partial charge in [-0.1, -0.05) is 17.7 Å². The number of halogens is 1. The van der Waals surface area contributed by atoms with Gasteiger partial charge in [0.2, 0.25) is 0 Å². The van der Waals surface area contributed by atoms with Crippen LogP contribution < -0.4 is 0 Å². The van der Waals surface area contributed by atoms with Crippen LogP contribution in [-0.4, -0.2) is 34.1 Å². The molecule has 1 aliphatic heterocycles. The van der Waals surface area contributed by atoms with E-state index in [0.717, 1.165) is 24.9 Å². The fourth-order valence-electron chi connectivity index (χ4n) is 2.34. The smallest absolute Gasteiger partial charge is 0.288 e. The number of rotatable bonds is 4. The van der Waals surface area contributed by atoms with Gasteiger partial charge < -0.3 is 5.11 Å². The highest BCUT2D eigenvalue weighted by Crippen LogP contribution is 2.27. The zero-order chi connectivity index (χ0) is 13.1. The lowest BCUT2D eigenvalue weighted by molar-refractivity contribution is -0.384. The van der Waals surface area contributed by atoms with E-state index < -0.39 is 4.92 Å². The molecule has 1 unspecified atom stereocenters. The standard InChI is InChI=1S/C12H15ClN2O3/c13-11-4-3-9(6-12(11)15(17)18)7-14-5-1-2-10(14)8-16/h3-4,6,10,16H,1-2,5,7-8H2. The molecule has 1 saturated heterocycles. The van der Waals surface area contributed by atoms with Crippen LogP contribution >= 0.6 is 11.6 Å². The maximum atomic E-state index is 10.8. The maximum absolute atomic E-state index is 10.8. The zero-order valence-electron chi connectivity index (χ0n) is 9.88. The Morgan fingerprint density at radius 2 is 2.33 bits per heavy atom. The summed E-state index contributed by atoms with van der Waals surface area (Å²) in [5, 5.41) is 20.2. The summed E-state index contributed by atoms with van der Waals surface area (Å²) < 4.78 is 0. The van der Waals surface area contributed by atoms with Crippen molar-refractivity contribution in [3.8, 4) is 0 Å². The van der Waals surface area contributed by atoms with E-state index in [1.165, 1.54) is 6.07 Å². The highest BCUT2D eigenvalue weighted by molar-refractivity contribution is 6.32. The highest BCUT2D eigenvalue weighted by Gasteiger charge is 2.24. The number of aliphatic hydroxyl groups is 1. The molecule has 1 heterocycles. The van der Waals surface area contributed by atoms with Crippen molar-refractivity contribution in [3.05, 3.63) is 38.9 Å². The van der Waals surface area contributed by atoms with Crippen molar-refractivity contribution < 1.29 is 10.0 Å². The number of nitrogens with zero attached hydrogens (tertiary/aromatic N) is 2. The maximum Gasteiger partial charge on any atom is 0.288 e. The lowest BCUT2D eigenvalue weighted by Gasteiger charge is -2.22. The summed E-state index contributed by atoms with van der Waals surface area (Å²) in [5.41, 5.74) is 0.792. The number of nitro groups is 1. The molecule has 0 bridgehead atoms. The Hall–Kier alpha value is -1.17. The molecule has 1 atom stereocenters. The van der Waals surface area contributed by atoms with E-state index in [9.17, 15) is 15.2 Å². The van der Waals surface area contributed by atoms with Gasteiger partial charge in [0, 0.05) is 18.7 Å². The summed E-state index contributed by atoms with van der Waals surface area (Å²) in [4.78, 5) is 12.5. The zero-order valence-corrected chi connectivity index (χ0v) is 10.6. The molecule has 0 aliphatic carbocycles. The number of hydrogen-bond acceptors (Lipinski definition) is 4. The minimum atomic E-state index is -0.473. The fourth-order valence-corrected chi connectivity index (χ4v) is 2.53. The van der Waals surface area contributed by atoms with E-state index in [1.54, 1.807) is 12.1 Å². The second kappa shape index (κ2) is 5.65. The molecule has 0 spiro atoms. The number of nitro benzene ring substituents is 1. The van der Waals surface area contributed by atoms with E-state index in [4.69, 9.17) is 11.6 Å². The first-order valence-corrected chi connectivity index (χ1v) is 6.27. The van der Waals surface area contributed by atoms with Crippen LogP contribution in [0.5, 0.6) is 0 Å². The van der Waals surface area contributed by atoms with Crippen LogP contribution in [0.15, 0.2) is 18.2 Å². The van der Waals surface area contributed by atoms with Crippen molar-refractivity contribution in [2.24, 2.45) is 0 Å². The minimum Gasteiger partial charge on any atom is -0.395 e. The summed E-state index contributed by atoms with van der Waals surface area (Å²) in [7, 11) is 0. The molecule has 0 amide bonds. The van der Waals surface area contributed by atoms with Crippen molar-refractivity contribution in [2.75, 3.05) is 13.2 Å². The van der Waals surface area contributed by atoms with Gasteiger partial charge in [0.05, 0.1) is 11.5 Å². The molecule has 2 rings (SSSR count). The first-order valence-electron chi connectivity index (χ1n) is 5.89. The third-order valence-electron chi connectivity index (χ3n) is 3.30. The van der Waals surface area contributed by atoms with Gasteiger partial charge in [-0.05, 0) is 31.0 Å². The van der Waals surface area contributed by atoms with Crippen molar-refractivity contribution in [2.45, 2.75) is 25.4 Å². The molecule has 1 N–H and O–H groups in total.